The molecule has 158 valence electrons. The summed E-state index contributed by atoms with van der Waals surface area (Å²) in [6.07, 6.45) is -0.461. The van der Waals surface area contributed by atoms with Gasteiger partial charge in [-0.05, 0) is 29.3 Å². The number of anilines is 1. The lowest BCUT2D eigenvalue weighted by molar-refractivity contribution is -0.00000834. The number of β-amino-alcohol motifs (C(OH)–C–C–N with tert-alkyl or cyclic N) is 1. The number of rotatable bonds is 6. The van der Waals surface area contributed by atoms with Crippen molar-refractivity contribution in [3.8, 4) is 0 Å². The summed E-state index contributed by atoms with van der Waals surface area (Å²) >= 11 is 6.14. The van der Waals surface area contributed by atoms with Gasteiger partial charge in [-0.25, -0.2) is 0 Å². The van der Waals surface area contributed by atoms with E-state index in [1.807, 2.05) is 54.6 Å². The topological polar surface area (TPSA) is 26.7 Å². The molecular weight excluding hydrogens is 415 g/mol. The molecule has 5 heteroatoms. The van der Waals surface area contributed by atoms with Crippen LogP contribution in [0.25, 0.3) is 0 Å². The molecule has 3 aromatic rings. The van der Waals surface area contributed by atoms with Gasteiger partial charge in [-0.3, -0.25) is 4.90 Å². The molecule has 1 fully saturated rings. The van der Waals surface area contributed by atoms with Gasteiger partial charge in [0.25, 0.3) is 0 Å². The average molecular weight is 442 g/mol. The SMILES string of the molecule is OC(CN1CCN(c2cccc(Cl)c2)CC1)C(c1ccccc1)c1ccccc1.[Cl-]. The molecule has 0 saturated carbocycles. The highest BCUT2D eigenvalue weighted by atomic mass is 35.5. The summed E-state index contributed by atoms with van der Waals surface area (Å²) in [7, 11) is 0. The van der Waals surface area contributed by atoms with Crippen LogP contribution in [0.3, 0.4) is 0 Å². The van der Waals surface area contributed by atoms with Gasteiger partial charge in [-0.15, -0.1) is 0 Å². The molecule has 1 N–H and O–H groups in total. The van der Waals surface area contributed by atoms with Gasteiger partial charge < -0.3 is 22.4 Å². The van der Waals surface area contributed by atoms with Crippen LogP contribution < -0.4 is 17.3 Å². The predicted molar refractivity (Wildman–Crippen MR) is 121 cm³/mol. The van der Waals surface area contributed by atoms with Gasteiger partial charge in [0.2, 0.25) is 0 Å². The van der Waals surface area contributed by atoms with Gasteiger partial charge in [0.05, 0.1) is 6.10 Å². The van der Waals surface area contributed by atoms with Crippen molar-refractivity contribution in [1.29, 1.82) is 0 Å². The van der Waals surface area contributed by atoms with Crippen molar-refractivity contribution in [3.63, 3.8) is 0 Å². The first kappa shape index (κ1) is 22.6. The van der Waals surface area contributed by atoms with Crippen LogP contribution >= 0.6 is 11.6 Å². The largest absolute Gasteiger partial charge is 1.00 e. The Hall–Kier alpha value is -2.04. The average Bonchev–Trinajstić information content (AvgIpc) is 2.76. The number of hydrogen-bond donors (Lipinski definition) is 1. The summed E-state index contributed by atoms with van der Waals surface area (Å²) in [5, 5.41) is 12.0. The fourth-order valence-electron chi connectivity index (χ4n) is 4.19. The summed E-state index contributed by atoms with van der Waals surface area (Å²) in [5.74, 6) is -0.0247. The summed E-state index contributed by atoms with van der Waals surface area (Å²) in [6.45, 7) is 4.40. The zero-order valence-electron chi connectivity index (χ0n) is 16.9. The third-order valence-corrected chi connectivity index (χ3v) is 5.93. The molecule has 1 heterocycles. The Labute approximate surface area is 190 Å². The van der Waals surface area contributed by atoms with E-state index in [0.29, 0.717) is 6.54 Å². The third-order valence-electron chi connectivity index (χ3n) is 5.69. The van der Waals surface area contributed by atoms with E-state index in [2.05, 4.69) is 40.1 Å². The first-order valence-corrected chi connectivity index (χ1v) is 10.6. The fraction of sp³-hybridized carbons (Fsp3) is 0.280. The van der Waals surface area contributed by atoms with Gasteiger partial charge >= 0.3 is 0 Å². The van der Waals surface area contributed by atoms with E-state index in [0.717, 1.165) is 42.3 Å². The molecule has 0 radical (unpaired) electrons. The van der Waals surface area contributed by atoms with Crippen molar-refractivity contribution in [2.45, 2.75) is 12.0 Å². The number of aliphatic hydroxyl groups excluding tert-OH is 1. The molecule has 4 rings (SSSR count). The summed E-state index contributed by atoms with van der Waals surface area (Å²) in [4.78, 5) is 4.73. The minimum Gasteiger partial charge on any atom is -1.00 e. The summed E-state index contributed by atoms with van der Waals surface area (Å²) in [5.41, 5.74) is 3.48. The maximum absolute atomic E-state index is 11.2. The Bertz CT molecular complexity index is 860. The lowest BCUT2D eigenvalue weighted by atomic mass is 9.86. The number of piperazine rings is 1. The van der Waals surface area contributed by atoms with Crippen LogP contribution in [0.5, 0.6) is 0 Å². The van der Waals surface area contributed by atoms with Crippen molar-refractivity contribution in [2.75, 3.05) is 37.6 Å². The van der Waals surface area contributed by atoms with Crippen LogP contribution in [0, 0.1) is 0 Å². The minimum atomic E-state index is -0.461. The Morgan fingerprint density at radius 3 is 1.87 bits per heavy atom. The molecule has 1 atom stereocenters. The van der Waals surface area contributed by atoms with Crippen LogP contribution in [-0.4, -0.2) is 48.8 Å². The third kappa shape index (κ3) is 5.55. The minimum absolute atomic E-state index is 0. The molecule has 0 aliphatic carbocycles. The van der Waals surface area contributed by atoms with Crippen LogP contribution in [-0.2, 0) is 0 Å². The second-order valence-corrected chi connectivity index (χ2v) is 8.07. The normalized spacial score (nSPS) is 15.6. The Morgan fingerprint density at radius 1 is 0.767 bits per heavy atom. The van der Waals surface area contributed by atoms with Crippen LogP contribution in [0.1, 0.15) is 17.0 Å². The molecule has 0 amide bonds. The molecule has 0 spiro atoms. The Morgan fingerprint density at radius 2 is 1.33 bits per heavy atom. The number of halogens is 2. The van der Waals surface area contributed by atoms with E-state index in [1.54, 1.807) is 0 Å². The molecular formula is C25H27Cl2N2O-. The molecule has 0 bridgehead atoms. The highest BCUT2D eigenvalue weighted by Crippen LogP contribution is 2.29. The van der Waals surface area contributed by atoms with Crippen molar-refractivity contribution < 1.29 is 17.5 Å². The maximum Gasteiger partial charge on any atom is 0.0776 e. The fourth-order valence-corrected chi connectivity index (χ4v) is 4.37. The van der Waals surface area contributed by atoms with Crippen molar-refractivity contribution in [3.05, 3.63) is 101 Å². The Balaban J connectivity index is 0.00000256. The quantitative estimate of drug-likeness (QED) is 0.629. The Kier molecular flexibility index (Phi) is 8.17. The molecule has 30 heavy (non-hydrogen) atoms. The van der Waals surface area contributed by atoms with E-state index in [4.69, 9.17) is 11.6 Å². The van der Waals surface area contributed by atoms with Crippen molar-refractivity contribution >= 4 is 17.3 Å². The standard InChI is InChI=1S/C25H27ClN2O.ClH/c26-22-12-7-13-23(18-22)28-16-14-27(15-17-28)19-24(29)25(20-8-3-1-4-9-20)21-10-5-2-6-11-21;/h1-13,18,24-25,29H,14-17,19H2;1H/p-1. The van der Waals surface area contributed by atoms with E-state index in [-0.39, 0.29) is 18.3 Å². The zero-order valence-corrected chi connectivity index (χ0v) is 18.4. The lowest BCUT2D eigenvalue weighted by Crippen LogP contribution is -3.00. The first-order chi connectivity index (χ1) is 14.2. The smallest absolute Gasteiger partial charge is 0.0776 e. The second kappa shape index (κ2) is 10.8. The molecule has 3 nitrogen and oxygen atoms in total. The van der Waals surface area contributed by atoms with Crippen molar-refractivity contribution in [1.82, 2.24) is 4.90 Å². The molecule has 1 unspecified atom stereocenters. The first-order valence-electron chi connectivity index (χ1n) is 10.2. The van der Waals surface area contributed by atoms with Crippen LogP contribution in [0.15, 0.2) is 84.9 Å². The zero-order chi connectivity index (χ0) is 20.1. The van der Waals surface area contributed by atoms with Gasteiger partial charge in [0.15, 0.2) is 0 Å². The molecule has 1 saturated heterocycles. The van der Waals surface area contributed by atoms with Gasteiger partial charge in [0.1, 0.15) is 0 Å². The highest BCUT2D eigenvalue weighted by Gasteiger charge is 2.27. The van der Waals surface area contributed by atoms with Crippen molar-refractivity contribution in [2.24, 2.45) is 0 Å². The van der Waals surface area contributed by atoms with Gasteiger partial charge in [0, 0.05) is 49.4 Å². The maximum atomic E-state index is 11.2. The molecule has 1 aliphatic rings. The molecule has 3 aromatic carbocycles. The van der Waals surface area contributed by atoms with E-state index in [1.165, 1.54) is 5.69 Å². The number of benzene rings is 3. The predicted octanol–water partition coefficient (Wildman–Crippen LogP) is 1.66. The lowest BCUT2D eigenvalue weighted by Gasteiger charge is -2.38. The molecule has 1 aliphatic heterocycles. The van der Waals surface area contributed by atoms with Gasteiger partial charge in [-0.1, -0.05) is 78.3 Å². The van der Waals surface area contributed by atoms with Crippen LogP contribution in [0.2, 0.25) is 5.02 Å². The number of nitrogens with zero attached hydrogens (tertiary/aromatic N) is 2. The highest BCUT2D eigenvalue weighted by molar-refractivity contribution is 6.30. The van der Waals surface area contributed by atoms with E-state index in [9.17, 15) is 5.11 Å². The van der Waals surface area contributed by atoms with Gasteiger partial charge in [-0.2, -0.15) is 0 Å². The number of aliphatic hydroxyl groups is 1. The molecule has 0 aromatic heterocycles. The van der Waals surface area contributed by atoms with E-state index >= 15 is 0 Å². The monoisotopic (exact) mass is 441 g/mol. The number of hydrogen-bond acceptors (Lipinski definition) is 3. The second-order valence-electron chi connectivity index (χ2n) is 7.63. The van der Waals surface area contributed by atoms with Crippen LogP contribution in [0.4, 0.5) is 5.69 Å². The summed E-state index contributed by atoms with van der Waals surface area (Å²) in [6, 6.07) is 28.7. The summed E-state index contributed by atoms with van der Waals surface area (Å²) < 4.78 is 0. The van der Waals surface area contributed by atoms with E-state index < -0.39 is 6.10 Å².